The third-order valence-corrected chi connectivity index (χ3v) is 5.90. The van der Waals surface area contributed by atoms with Crippen LogP contribution in [0.1, 0.15) is 17.0 Å². The van der Waals surface area contributed by atoms with Crippen molar-refractivity contribution < 1.29 is 14.2 Å². The molecular formula is C27H31N7O3S. The second-order valence-electron chi connectivity index (χ2n) is 8.43. The Labute approximate surface area is 226 Å². The van der Waals surface area contributed by atoms with Gasteiger partial charge in [0.15, 0.2) is 16.6 Å². The summed E-state index contributed by atoms with van der Waals surface area (Å²) in [5.74, 6) is 2.35. The molecule has 198 valence electrons. The van der Waals surface area contributed by atoms with Crippen LogP contribution < -0.4 is 30.2 Å². The minimum Gasteiger partial charge on any atom is -0.493 e. The van der Waals surface area contributed by atoms with E-state index < -0.39 is 0 Å². The summed E-state index contributed by atoms with van der Waals surface area (Å²) in [6, 6.07) is 13.6. The van der Waals surface area contributed by atoms with Crippen LogP contribution >= 0.6 is 12.2 Å². The number of rotatable bonds is 8. The average molecular weight is 534 g/mol. The number of fused-ring (bicyclic) bond motifs is 1. The van der Waals surface area contributed by atoms with Crippen molar-refractivity contribution in [2.75, 3.05) is 38.5 Å². The van der Waals surface area contributed by atoms with Gasteiger partial charge in [0, 0.05) is 52.9 Å². The van der Waals surface area contributed by atoms with Crippen molar-refractivity contribution in [2.45, 2.75) is 20.3 Å². The van der Waals surface area contributed by atoms with E-state index in [1.165, 1.54) is 10.9 Å². The van der Waals surface area contributed by atoms with Gasteiger partial charge in [-0.3, -0.25) is 10.3 Å². The van der Waals surface area contributed by atoms with Gasteiger partial charge < -0.3 is 29.8 Å². The van der Waals surface area contributed by atoms with Crippen LogP contribution in [0.5, 0.6) is 17.2 Å². The van der Waals surface area contributed by atoms with Gasteiger partial charge in [-0.2, -0.15) is 0 Å². The molecule has 0 saturated carbocycles. The Hall–Kier alpha value is -4.38. The van der Waals surface area contributed by atoms with E-state index in [1.807, 2.05) is 38.2 Å². The Morgan fingerprint density at radius 3 is 2.29 bits per heavy atom. The van der Waals surface area contributed by atoms with Gasteiger partial charge in [-0.25, -0.2) is 9.97 Å². The first-order chi connectivity index (χ1) is 18.4. The number of nitrogens with one attached hydrogen (secondary N) is 4. The maximum Gasteiger partial charge on any atom is 0.229 e. The molecule has 10 nitrogen and oxygen atoms in total. The number of nitrogens with zero attached hydrogens (tertiary/aromatic N) is 3. The first-order valence-corrected chi connectivity index (χ1v) is 12.4. The normalized spacial score (nSPS) is 11.2. The topological polar surface area (TPSA) is 118 Å². The van der Waals surface area contributed by atoms with E-state index >= 15 is 0 Å². The van der Waals surface area contributed by atoms with E-state index in [2.05, 4.69) is 43.0 Å². The molecule has 4 N–H and O–H groups in total. The Kier molecular flexibility index (Phi) is 8.59. The monoisotopic (exact) mass is 533 g/mol. The maximum atomic E-state index is 5.59. The molecule has 0 bridgehead atoms. The Balaban J connectivity index is 1.53. The van der Waals surface area contributed by atoms with Crippen LogP contribution in [0.3, 0.4) is 0 Å². The lowest BCUT2D eigenvalue weighted by Gasteiger charge is -2.17. The molecule has 0 saturated heterocycles. The molecule has 0 aliphatic carbocycles. The zero-order chi connectivity index (χ0) is 27.1. The van der Waals surface area contributed by atoms with Crippen molar-refractivity contribution in [1.29, 1.82) is 0 Å². The van der Waals surface area contributed by atoms with E-state index in [1.54, 1.807) is 33.5 Å². The molecule has 0 amide bonds. The highest BCUT2D eigenvalue weighted by Crippen LogP contribution is 2.39. The highest BCUT2D eigenvalue weighted by atomic mass is 32.1. The maximum absolute atomic E-state index is 5.59. The van der Waals surface area contributed by atoms with Crippen molar-refractivity contribution >= 4 is 45.8 Å². The summed E-state index contributed by atoms with van der Waals surface area (Å²) >= 11 is 5.59. The molecule has 2 heterocycles. The van der Waals surface area contributed by atoms with Crippen molar-refractivity contribution in [3.05, 3.63) is 65.6 Å². The summed E-state index contributed by atoms with van der Waals surface area (Å²) < 4.78 is 16.3. The Bertz CT molecular complexity index is 1420. The summed E-state index contributed by atoms with van der Waals surface area (Å²) in [5.41, 5.74) is 4.62. The van der Waals surface area contributed by atoms with Crippen molar-refractivity contribution in [3.8, 4) is 17.2 Å². The van der Waals surface area contributed by atoms with Crippen LogP contribution in [0.15, 0.2) is 53.7 Å². The molecule has 4 aromatic rings. The van der Waals surface area contributed by atoms with Crippen LogP contribution in [-0.4, -0.2) is 53.9 Å². The number of thiocarbonyl (C=S) groups is 1. The fourth-order valence-electron chi connectivity index (χ4n) is 4.05. The number of benzene rings is 2. The molecule has 0 atom stereocenters. The molecule has 0 unspecified atom stereocenters. The van der Waals surface area contributed by atoms with Gasteiger partial charge in [-0.15, -0.1) is 0 Å². The second kappa shape index (κ2) is 12.2. The van der Waals surface area contributed by atoms with Crippen LogP contribution in [0.2, 0.25) is 0 Å². The van der Waals surface area contributed by atoms with Crippen molar-refractivity contribution in [3.63, 3.8) is 0 Å². The third-order valence-electron chi connectivity index (χ3n) is 5.69. The molecule has 4 rings (SSSR count). The number of aliphatic imine (C=N–C) groups is 1. The molecular weight excluding hydrogens is 502 g/mol. The number of aromatic amines is 1. The standard InChI is InChI=1S/C27H31N7O3S/c1-16-12-17(2)31-26(30-16)33-25(28-11-10-18-15-29-21-9-7-6-8-20(18)21)34-27(38)32-19-13-22(35-3)24(37-5)23(14-19)36-4/h6-9,12-15,29H,10-11H2,1-5H3,(H3,28,30,31,32,33,34,38). The lowest BCUT2D eigenvalue weighted by Crippen LogP contribution is -2.39. The molecule has 2 aromatic heterocycles. The van der Waals surface area contributed by atoms with Gasteiger partial charge in [0.1, 0.15) is 0 Å². The quantitative estimate of drug-likeness (QED) is 0.146. The number of hydrogen-bond donors (Lipinski definition) is 4. The van der Waals surface area contributed by atoms with Gasteiger partial charge >= 0.3 is 0 Å². The van der Waals surface area contributed by atoms with Crippen LogP contribution in [0, 0.1) is 13.8 Å². The molecule has 0 aliphatic rings. The van der Waals surface area contributed by atoms with Crippen LogP contribution in [-0.2, 0) is 6.42 Å². The lowest BCUT2D eigenvalue weighted by atomic mass is 10.1. The van der Waals surface area contributed by atoms with Crippen LogP contribution in [0.4, 0.5) is 11.6 Å². The summed E-state index contributed by atoms with van der Waals surface area (Å²) in [6.45, 7) is 4.34. The number of guanidine groups is 1. The number of aryl methyl sites for hydroxylation is 2. The third kappa shape index (κ3) is 6.48. The van der Waals surface area contributed by atoms with Crippen LogP contribution in [0.25, 0.3) is 10.9 Å². The first kappa shape index (κ1) is 26.7. The van der Waals surface area contributed by atoms with E-state index in [0.29, 0.717) is 46.5 Å². The molecule has 0 radical (unpaired) electrons. The number of para-hydroxylation sites is 1. The number of aromatic nitrogens is 3. The number of ether oxygens (including phenoxy) is 3. The van der Waals surface area contributed by atoms with Crippen molar-refractivity contribution in [1.82, 2.24) is 20.3 Å². The molecule has 0 fully saturated rings. The summed E-state index contributed by atoms with van der Waals surface area (Å²) in [6.07, 6.45) is 2.75. The molecule has 2 aromatic carbocycles. The fraction of sp³-hybridized carbons (Fsp3) is 0.259. The molecule has 0 spiro atoms. The number of methoxy groups -OCH3 is 3. The van der Waals surface area contributed by atoms with Gasteiger partial charge in [0.2, 0.25) is 17.7 Å². The summed E-state index contributed by atoms with van der Waals surface area (Å²) in [5, 5.41) is 10.9. The average Bonchev–Trinajstić information content (AvgIpc) is 3.30. The first-order valence-electron chi connectivity index (χ1n) is 12.0. The smallest absolute Gasteiger partial charge is 0.229 e. The summed E-state index contributed by atoms with van der Waals surface area (Å²) in [7, 11) is 4.67. The highest BCUT2D eigenvalue weighted by molar-refractivity contribution is 7.80. The zero-order valence-corrected chi connectivity index (χ0v) is 22.8. The van der Waals surface area contributed by atoms with E-state index in [0.717, 1.165) is 23.3 Å². The van der Waals surface area contributed by atoms with Gasteiger partial charge in [0.05, 0.1) is 21.3 Å². The second-order valence-corrected chi connectivity index (χ2v) is 8.84. The number of anilines is 2. The largest absolute Gasteiger partial charge is 0.493 e. The predicted octanol–water partition coefficient (Wildman–Crippen LogP) is 4.60. The Morgan fingerprint density at radius 1 is 0.947 bits per heavy atom. The minimum atomic E-state index is 0.307. The molecule has 38 heavy (non-hydrogen) atoms. The van der Waals surface area contributed by atoms with E-state index in [9.17, 15) is 0 Å². The molecule has 0 aliphatic heterocycles. The zero-order valence-electron chi connectivity index (χ0n) is 22.0. The van der Waals surface area contributed by atoms with Gasteiger partial charge in [-0.05, 0) is 50.2 Å². The molecule has 11 heteroatoms. The number of H-pyrrole nitrogens is 1. The van der Waals surface area contributed by atoms with E-state index in [-0.39, 0.29) is 0 Å². The predicted molar refractivity (Wildman–Crippen MR) is 155 cm³/mol. The Morgan fingerprint density at radius 2 is 1.63 bits per heavy atom. The van der Waals surface area contributed by atoms with Gasteiger partial charge in [0.25, 0.3) is 0 Å². The van der Waals surface area contributed by atoms with Crippen molar-refractivity contribution in [2.24, 2.45) is 4.99 Å². The highest BCUT2D eigenvalue weighted by Gasteiger charge is 2.15. The number of hydrogen-bond acceptors (Lipinski definition) is 7. The fourth-order valence-corrected chi connectivity index (χ4v) is 4.26. The van der Waals surface area contributed by atoms with E-state index in [4.69, 9.17) is 31.4 Å². The minimum absolute atomic E-state index is 0.307. The van der Waals surface area contributed by atoms with Gasteiger partial charge in [-0.1, -0.05) is 18.2 Å². The SMILES string of the molecule is COc1cc(NC(=S)NC(=NCCc2c[nH]c3ccccc23)Nc2nc(C)cc(C)n2)cc(OC)c1OC. The summed E-state index contributed by atoms with van der Waals surface area (Å²) in [4.78, 5) is 17.0. The lowest BCUT2D eigenvalue weighted by molar-refractivity contribution is 0.324.